The van der Waals surface area contributed by atoms with Crippen LogP contribution in [0.2, 0.25) is 0 Å². The molecule has 102 valence electrons. The molecule has 0 saturated carbocycles. The zero-order valence-electron chi connectivity index (χ0n) is 10.7. The summed E-state index contributed by atoms with van der Waals surface area (Å²) in [5.74, 6) is -0.502. The van der Waals surface area contributed by atoms with Crippen molar-refractivity contribution in [2.75, 3.05) is 7.05 Å². The fourth-order valence-corrected chi connectivity index (χ4v) is 2.48. The van der Waals surface area contributed by atoms with E-state index in [0.717, 1.165) is 11.3 Å². The van der Waals surface area contributed by atoms with Crippen molar-refractivity contribution >= 4 is 23.6 Å². The van der Waals surface area contributed by atoms with E-state index in [1.54, 1.807) is 30.1 Å². The lowest BCUT2D eigenvalue weighted by molar-refractivity contribution is 0.0782. The van der Waals surface area contributed by atoms with E-state index in [1.807, 2.05) is 0 Å². The quantitative estimate of drug-likeness (QED) is 0.810. The van der Waals surface area contributed by atoms with Gasteiger partial charge in [0.05, 0.1) is 11.4 Å². The van der Waals surface area contributed by atoms with Gasteiger partial charge in [-0.15, -0.1) is 0 Å². The van der Waals surface area contributed by atoms with Crippen LogP contribution in [0.5, 0.6) is 0 Å². The summed E-state index contributed by atoms with van der Waals surface area (Å²) < 4.78 is 15.1. The minimum atomic E-state index is -0.325. The average Bonchev–Trinajstić information content (AvgIpc) is 2.78. The number of amides is 1. The van der Waals surface area contributed by atoms with Gasteiger partial charge in [-0.1, -0.05) is 11.6 Å². The van der Waals surface area contributed by atoms with Gasteiger partial charge >= 0.3 is 0 Å². The number of rotatable bonds is 1. The molecule has 3 rings (SSSR count). The van der Waals surface area contributed by atoms with Gasteiger partial charge in [-0.2, -0.15) is 0 Å². The number of carbonyl (C=O) groups excluding carboxylic acids is 1. The van der Waals surface area contributed by atoms with Crippen LogP contribution < -0.4 is 0 Å². The minimum absolute atomic E-state index is 0.177. The molecule has 0 unspecified atom stereocenters. The Kier molecular flexibility index (Phi) is 3.06. The van der Waals surface area contributed by atoms with Crippen LogP contribution >= 0.6 is 11.6 Å². The van der Waals surface area contributed by atoms with Gasteiger partial charge in [-0.05, 0) is 29.8 Å². The van der Waals surface area contributed by atoms with Crippen molar-refractivity contribution in [2.45, 2.75) is 6.54 Å². The van der Waals surface area contributed by atoms with E-state index >= 15 is 0 Å². The van der Waals surface area contributed by atoms with Crippen LogP contribution in [0.25, 0.3) is 11.8 Å². The highest BCUT2D eigenvalue weighted by Crippen LogP contribution is 2.26. The number of hydrogen-bond acceptors (Lipinski definition) is 2. The highest BCUT2D eigenvalue weighted by molar-refractivity contribution is 6.27. The zero-order valence-corrected chi connectivity index (χ0v) is 11.4. The molecule has 0 spiro atoms. The third-order valence-electron chi connectivity index (χ3n) is 3.27. The Bertz CT molecular complexity index is 723. The van der Waals surface area contributed by atoms with Crippen LogP contribution in [-0.4, -0.2) is 27.4 Å². The molecule has 0 radical (unpaired) electrons. The van der Waals surface area contributed by atoms with Gasteiger partial charge in [0.1, 0.15) is 17.8 Å². The maximum Gasteiger partial charge on any atom is 0.273 e. The van der Waals surface area contributed by atoms with Crippen molar-refractivity contribution in [2.24, 2.45) is 0 Å². The largest absolute Gasteiger partial charge is 0.336 e. The maximum atomic E-state index is 13.4. The van der Waals surface area contributed by atoms with Gasteiger partial charge in [0, 0.05) is 19.1 Å². The summed E-state index contributed by atoms with van der Waals surface area (Å²) in [6, 6.07) is 4.46. The first kappa shape index (κ1) is 12.9. The Labute approximate surface area is 120 Å². The molecular weight excluding hydrogens is 281 g/mol. The van der Waals surface area contributed by atoms with E-state index in [2.05, 4.69) is 4.98 Å². The lowest BCUT2D eigenvalue weighted by atomic mass is 10.1. The van der Waals surface area contributed by atoms with Crippen molar-refractivity contribution in [3.05, 3.63) is 52.8 Å². The van der Waals surface area contributed by atoms with Gasteiger partial charge in [0.15, 0.2) is 0 Å². The molecule has 2 heterocycles. The average molecular weight is 292 g/mol. The van der Waals surface area contributed by atoms with E-state index in [0.29, 0.717) is 17.9 Å². The Morgan fingerprint density at radius 3 is 3.00 bits per heavy atom. The Morgan fingerprint density at radius 2 is 2.25 bits per heavy atom. The van der Waals surface area contributed by atoms with Crippen LogP contribution in [0.1, 0.15) is 21.7 Å². The molecule has 0 fully saturated rings. The van der Waals surface area contributed by atoms with E-state index < -0.39 is 0 Å². The molecule has 0 bridgehead atoms. The molecule has 1 aromatic heterocycles. The molecule has 1 aliphatic heterocycles. The minimum Gasteiger partial charge on any atom is -0.336 e. The zero-order chi connectivity index (χ0) is 14.3. The number of hydrogen-bond donors (Lipinski definition) is 0. The standard InChI is InChI=1S/C14H11ClFN3O/c1-18-7-9-6-10(16)2-3-12(9)19-8-17-11(4-5-15)13(19)14(18)20/h2-6,8H,7H2,1H3. The topological polar surface area (TPSA) is 38.1 Å². The number of aromatic nitrogens is 2. The number of carbonyl (C=O) groups is 1. The fraction of sp³-hybridized carbons (Fsp3) is 0.143. The van der Waals surface area contributed by atoms with Gasteiger partial charge in [0.25, 0.3) is 5.91 Å². The van der Waals surface area contributed by atoms with Crippen LogP contribution in [0.3, 0.4) is 0 Å². The predicted octanol–water partition coefficient (Wildman–Crippen LogP) is 2.81. The highest BCUT2D eigenvalue weighted by atomic mass is 35.5. The number of benzene rings is 1. The van der Waals surface area contributed by atoms with Crippen LogP contribution in [-0.2, 0) is 6.54 Å². The second-order valence-corrected chi connectivity index (χ2v) is 4.83. The smallest absolute Gasteiger partial charge is 0.273 e. The normalized spacial score (nSPS) is 14.3. The summed E-state index contributed by atoms with van der Waals surface area (Å²) in [7, 11) is 1.67. The molecule has 0 aliphatic carbocycles. The van der Waals surface area contributed by atoms with Crippen molar-refractivity contribution in [1.29, 1.82) is 0 Å². The van der Waals surface area contributed by atoms with Gasteiger partial charge in [-0.3, -0.25) is 9.36 Å². The van der Waals surface area contributed by atoms with E-state index in [1.165, 1.54) is 22.6 Å². The third kappa shape index (κ3) is 1.91. The summed E-state index contributed by atoms with van der Waals surface area (Å²) in [6.07, 6.45) is 3.11. The summed E-state index contributed by atoms with van der Waals surface area (Å²) in [6.45, 7) is 0.345. The molecule has 20 heavy (non-hydrogen) atoms. The van der Waals surface area contributed by atoms with Crippen LogP contribution in [0, 0.1) is 5.82 Å². The van der Waals surface area contributed by atoms with Gasteiger partial charge in [0.2, 0.25) is 0 Å². The van der Waals surface area contributed by atoms with Crippen LogP contribution in [0.15, 0.2) is 30.1 Å². The molecule has 6 heteroatoms. The molecule has 1 aliphatic rings. The Hall–Kier alpha value is -2.14. The lowest BCUT2D eigenvalue weighted by Gasteiger charge is -2.14. The van der Waals surface area contributed by atoms with Gasteiger partial charge in [-0.25, -0.2) is 9.37 Å². The second-order valence-electron chi connectivity index (χ2n) is 4.58. The lowest BCUT2D eigenvalue weighted by Crippen LogP contribution is -2.26. The van der Waals surface area contributed by atoms with Crippen molar-refractivity contribution in [3.8, 4) is 5.69 Å². The van der Waals surface area contributed by atoms with Gasteiger partial charge < -0.3 is 4.90 Å². The van der Waals surface area contributed by atoms with Crippen molar-refractivity contribution in [3.63, 3.8) is 0 Å². The summed E-state index contributed by atoms with van der Waals surface area (Å²) in [5, 5.41) is 0. The molecule has 0 saturated heterocycles. The highest BCUT2D eigenvalue weighted by Gasteiger charge is 2.26. The molecule has 1 aromatic carbocycles. The molecule has 4 nitrogen and oxygen atoms in total. The maximum absolute atomic E-state index is 13.4. The number of halogens is 2. The Morgan fingerprint density at radius 1 is 1.45 bits per heavy atom. The molecule has 0 N–H and O–H groups in total. The second kappa shape index (κ2) is 4.76. The summed E-state index contributed by atoms with van der Waals surface area (Å²) in [4.78, 5) is 18.2. The first-order chi connectivity index (χ1) is 9.61. The van der Waals surface area contributed by atoms with Crippen LogP contribution in [0.4, 0.5) is 4.39 Å². The fourth-order valence-electron chi connectivity index (χ4n) is 2.36. The van der Waals surface area contributed by atoms with E-state index in [-0.39, 0.29) is 11.7 Å². The molecular formula is C14H11ClFN3O. The molecule has 0 atom stereocenters. The predicted molar refractivity (Wildman–Crippen MR) is 74.2 cm³/mol. The first-order valence-corrected chi connectivity index (χ1v) is 6.44. The summed E-state index contributed by atoms with van der Waals surface area (Å²) >= 11 is 5.58. The monoisotopic (exact) mass is 291 g/mol. The molecule has 2 aromatic rings. The number of fused-ring (bicyclic) bond motifs is 3. The first-order valence-electron chi connectivity index (χ1n) is 6.00. The summed E-state index contributed by atoms with van der Waals surface area (Å²) in [5.41, 5.74) is 3.72. The number of imidazole rings is 1. The van der Waals surface area contributed by atoms with E-state index in [4.69, 9.17) is 11.6 Å². The number of nitrogens with zero attached hydrogens (tertiary/aromatic N) is 3. The van der Waals surface area contributed by atoms with Crippen molar-refractivity contribution < 1.29 is 9.18 Å². The SMILES string of the molecule is CN1Cc2cc(F)ccc2-n2cnc(C=CCl)c2C1=O. The molecule has 1 amide bonds. The van der Waals surface area contributed by atoms with E-state index in [9.17, 15) is 9.18 Å². The Balaban J connectivity index is 2.29. The van der Waals surface area contributed by atoms with Crippen molar-refractivity contribution in [1.82, 2.24) is 14.5 Å². The third-order valence-corrected chi connectivity index (χ3v) is 3.40.